The van der Waals surface area contributed by atoms with Crippen molar-refractivity contribution in [2.24, 2.45) is 0 Å². The van der Waals surface area contributed by atoms with Crippen LogP contribution in [0.25, 0.3) is 0 Å². The van der Waals surface area contributed by atoms with E-state index >= 15 is 0 Å². The molecule has 3 N–H and O–H groups in total. The molecule has 2 rings (SSSR count). The average Bonchev–Trinajstić information content (AvgIpc) is 2.39. The number of hydrogen-bond acceptors (Lipinski definition) is 5. The highest BCUT2D eigenvalue weighted by atomic mass is 35.5. The fraction of sp³-hybridized carbons (Fsp3) is 0.0833. The van der Waals surface area contributed by atoms with Crippen molar-refractivity contribution < 1.29 is 14.6 Å². The SMILES string of the molecule is Nc1ncccn1.O=C(O)COc1ccc(Cl)cc1Cl. The van der Waals surface area contributed by atoms with Crippen LogP contribution in [0.3, 0.4) is 0 Å². The summed E-state index contributed by atoms with van der Waals surface area (Å²) in [5.74, 6) is -0.415. The van der Waals surface area contributed by atoms with Gasteiger partial charge in [-0.15, -0.1) is 0 Å². The summed E-state index contributed by atoms with van der Waals surface area (Å²) in [4.78, 5) is 17.4. The average molecular weight is 316 g/mol. The van der Waals surface area contributed by atoms with Gasteiger partial charge < -0.3 is 15.6 Å². The summed E-state index contributed by atoms with van der Waals surface area (Å²) < 4.78 is 4.86. The van der Waals surface area contributed by atoms with Crippen molar-refractivity contribution in [3.63, 3.8) is 0 Å². The van der Waals surface area contributed by atoms with Gasteiger partial charge in [-0.3, -0.25) is 0 Å². The van der Waals surface area contributed by atoms with Crippen LogP contribution in [-0.4, -0.2) is 27.7 Å². The molecular formula is C12H11Cl2N3O3. The van der Waals surface area contributed by atoms with Crippen LogP contribution in [0.2, 0.25) is 10.0 Å². The van der Waals surface area contributed by atoms with Gasteiger partial charge in [0, 0.05) is 17.4 Å². The second-order valence-corrected chi connectivity index (χ2v) is 4.21. The molecule has 6 nitrogen and oxygen atoms in total. The van der Waals surface area contributed by atoms with Crippen LogP contribution in [0.15, 0.2) is 36.7 Å². The van der Waals surface area contributed by atoms with E-state index in [9.17, 15) is 4.79 Å². The molecule has 0 saturated heterocycles. The smallest absolute Gasteiger partial charge is 0.341 e. The third-order valence-corrected chi connectivity index (χ3v) is 2.36. The van der Waals surface area contributed by atoms with Gasteiger partial charge in [0.15, 0.2) is 6.61 Å². The van der Waals surface area contributed by atoms with E-state index < -0.39 is 12.6 Å². The standard InChI is InChI=1S/C8H6Cl2O3.C4H5N3/c9-5-1-2-7(6(10)3-5)13-4-8(11)12;5-4-6-2-1-3-7-4/h1-3H,4H2,(H,11,12);1-3H,(H2,5,6,7). The molecule has 106 valence electrons. The third-order valence-electron chi connectivity index (χ3n) is 1.83. The number of hydrogen-bond donors (Lipinski definition) is 2. The third kappa shape index (κ3) is 6.21. The molecule has 0 aliphatic carbocycles. The van der Waals surface area contributed by atoms with Crippen molar-refractivity contribution in [2.75, 3.05) is 12.3 Å². The molecule has 0 aliphatic heterocycles. The lowest BCUT2D eigenvalue weighted by atomic mass is 10.3. The van der Waals surface area contributed by atoms with Gasteiger partial charge >= 0.3 is 5.97 Å². The number of carboxylic acids is 1. The molecule has 0 fully saturated rings. The Bertz CT molecular complexity index is 567. The highest BCUT2D eigenvalue weighted by Gasteiger charge is 2.04. The molecule has 0 radical (unpaired) electrons. The minimum atomic E-state index is -1.05. The number of carboxylic acid groups (broad SMARTS) is 1. The minimum Gasteiger partial charge on any atom is -0.480 e. The fourth-order valence-corrected chi connectivity index (χ4v) is 1.51. The Labute approximate surface area is 125 Å². The summed E-state index contributed by atoms with van der Waals surface area (Å²) in [6.45, 7) is -0.415. The number of carbonyl (C=O) groups is 1. The first-order valence-corrected chi connectivity index (χ1v) is 6.06. The maximum Gasteiger partial charge on any atom is 0.341 e. The normalized spacial score (nSPS) is 9.30. The number of nitrogens with two attached hydrogens (primary N) is 1. The largest absolute Gasteiger partial charge is 0.480 e. The highest BCUT2D eigenvalue weighted by molar-refractivity contribution is 6.35. The number of rotatable bonds is 3. The molecule has 0 spiro atoms. The summed E-state index contributed by atoms with van der Waals surface area (Å²) in [6, 6.07) is 6.30. The molecule has 1 aromatic heterocycles. The van der Waals surface area contributed by atoms with E-state index in [0.29, 0.717) is 21.7 Å². The minimum absolute atomic E-state index is 0.300. The van der Waals surface area contributed by atoms with E-state index in [4.69, 9.17) is 38.8 Å². The summed E-state index contributed by atoms with van der Waals surface area (Å²) in [5, 5.41) is 9.11. The Kier molecular flexibility index (Phi) is 6.55. The number of halogens is 2. The molecule has 0 unspecified atom stereocenters. The van der Waals surface area contributed by atoms with Crippen LogP contribution in [0.5, 0.6) is 5.75 Å². The Morgan fingerprint density at radius 2 is 1.95 bits per heavy atom. The monoisotopic (exact) mass is 315 g/mol. The lowest BCUT2D eigenvalue weighted by Gasteiger charge is -2.04. The van der Waals surface area contributed by atoms with Crippen LogP contribution in [-0.2, 0) is 4.79 Å². The fourth-order valence-electron chi connectivity index (χ4n) is 1.04. The summed E-state index contributed by atoms with van der Waals surface area (Å²) in [7, 11) is 0. The zero-order valence-corrected chi connectivity index (χ0v) is 11.7. The van der Waals surface area contributed by atoms with E-state index in [0.717, 1.165) is 0 Å². The number of nitrogens with zero attached hydrogens (tertiary/aromatic N) is 2. The van der Waals surface area contributed by atoms with Crippen molar-refractivity contribution in [1.82, 2.24) is 9.97 Å². The second kappa shape index (κ2) is 8.19. The predicted molar refractivity (Wildman–Crippen MR) is 76.0 cm³/mol. The zero-order chi connectivity index (χ0) is 15.0. The van der Waals surface area contributed by atoms with Gasteiger partial charge in [0.25, 0.3) is 0 Å². The number of benzene rings is 1. The van der Waals surface area contributed by atoms with Crippen molar-refractivity contribution in [3.8, 4) is 5.75 Å². The van der Waals surface area contributed by atoms with Crippen molar-refractivity contribution in [2.45, 2.75) is 0 Å². The first-order chi connectivity index (χ1) is 9.49. The van der Waals surface area contributed by atoms with Crippen LogP contribution in [0.1, 0.15) is 0 Å². The van der Waals surface area contributed by atoms with E-state index in [-0.39, 0.29) is 0 Å². The maximum atomic E-state index is 10.2. The van der Waals surface area contributed by atoms with E-state index in [1.807, 2.05) is 0 Å². The van der Waals surface area contributed by atoms with Crippen LogP contribution in [0.4, 0.5) is 5.95 Å². The van der Waals surface area contributed by atoms with Gasteiger partial charge in [-0.1, -0.05) is 23.2 Å². The Hall–Kier alpha value is -2.05. The van der Waals surface area contributed by atoms with E-state index in [1.54, 1.807) is 24.5 Å². The van der Waals surface area contributed by atoms with Crippen molar-refractivity contribution >= 4 is 35.1 Å². The van der Waals surface area contributed by atoms with Crippen LogP contribution in [0, 0.1) is 0 Å². The number of aliphatic carboxylic acids is 1. The molecule has 0 aliphatic rings. The van der Waals surface area contributed by atoms with E-state index in [2.05, 4.69) is 9.97 Å². The van der Waals surface area contributed by atoms with Crippen LogP contribution < -0.4 is 10.5 Å². The molecule has 1 heterocycles. The number of ether oxygens (including phenoxy) is 1. The van der Waals surface area contributed by atoms with Gasteiger partial charge in [-0.05, 0) is 24.3 Å². The first kappa shape index (κ1) is 16.0. The van der Waals surface area contributed by atoms with Crippen LogP contribution >= 0.6 is 23.2 Å². The van der Waals surface area contributed by atoms with Crippen molar-refractivity contribution in [3.05, 3.63) is 46.7 Å². The molecule has 0 bridgehead atoms. The molecule has 0 saturated carbocycles. The van der Waals surface area contributed by atoms with Gasteiger partial charge in [-0.2, -0.15) is 0 Å². The topological polar surface area (TPSA) is 98.3 Å². The quantitative estimate of drug-likeness (QED) is 0.903. The summed E-state index contributed by atoms with van der Waals surface area (Å²) in [5.41, 5.74) is 5.14. The number of nitrogen functional groups attached to an aromatic ring is 1. The zero-order valence-electron chi connectivity index (χ0n) is 10.2. The van der Waals surface area contributed by atoms with E-state index in [1.165, 1.54) is 12.1 Å². The lowest BCUT2D eigenvalue weighted by Crippen LogP contribution is -2.09. The molecule has 0 atom stereocenters. The predicted octanol–water partition coefficient (Wildman–Crippen LogP) is 2.52. The molecule has 20 heavy (non-hydrogen) atoms. The summed E-state index contributed by atoms with van der Waals surface area (Å²) >= 11 is 11.3. The van der Waals surface area contributed by atoms with Crippen molar-refractivity contribution in [1.29, 1.82) is 0 Å². The highest BCUT2D eigenvalue weighted by Crippen LogP contribution is 2.27. The van der Waals surface area contributed by atoms with Gasteiger partial charge in [0.05, 0.1) is 5.02 Å². The number of aromatic nitrogens is 2. The molecule has 8 heteroatoms. The Morgan fingerprint density at radius 1 is 1.30 bits per heavy atom. The number of anilines is 1. The van der Waals surface area contributed by atoms with Gasteiger partial charge in [0.2, 0.25) is 5.95 Å². The Morgan fingerprint density at radius 3 is 2.40 bits per heavy atom. The van der Waals surface area contributed by atoms with Gasteiger partial charge in [0.1, 0.15) is 5.75 Å². The molecule has 0 amide bonds. The second-order valence-electron chi connectivity index (χ2n) is 3.36. The molecular weight excluding hydrogens is 305 g/mol. The van der Waals surface area contributed by atoms with Gasteiger partial charge in [-0.25, -0.2) is 14.8 Å². The molecule has 1 aromatic carbocycles. The maximum absolute atomic E-state index is 10.2. The molecule has 2 aromatic rings. The summed E-state index contributed by atoms with van der Waals surface area (Å²) in [6.07, 6.45) is 3.20. The first-order valence-electron chi connectivity index (χ1n) is 5.31. The Balaban J connectivity index is 0.000000240. The lowest BCUT2D eigenvalue weighted by molar-refractivity contribution is -0.139.